The van der Waals surface area contributed by atoms with Crippen LogP contribution in [0.4, 0.5) is 4.79 Å². The van der Waals surface area contributed by atoms with Crippen LogP contribution in [-0.2, 0) is 18.9 Å². The Bertz CT molecular complexity index is 319. The minimum absolute atomic E-state index is 0.0826. The van der Waals surface area contributed by atoms with Crippen LogP contribution in [0, 0.1) is 0 Å². The van der Waals surface area contributed by atoms with Crippen molar-refractivity contribution in [2.75, 3.05) is 33.0 Å². The van der Waals surface area contributed by atoms with Gasteiger partial charge in [0.25, 0.3) is 0 Å². The Morgan fingerprint density at radius 3 is 2.48 bits per heavy atom. The third-order valence-electron chi connectivity index (χ3n) is 2.85. The maximum absolute atomic E-state index is 10.8. The number of rotatable bonds is 8. The molecule has 0 aliphatic carbocycles. The van der Waals surface area contributed by atoms with E-state index >= 15 is 0 Å². The summed E-state index contributed by atoms with van der Waals surface area (Å²) in [4.78, 5) is 10.8. The summed E-state index contributed by atoms with van der Waals surface area (Å²) in [6.45, 7) is 0.492. The molecule has 1 amide bonds. The van der Waals surface area contributed by atoms with Crippen molar-refractivity contribution in [3.63, 3.8) is 0 Å². The van der Waals surface area contributed by atoms with Gasteiger partial charge in [-0.15, -0.1) is 0 Å². The molecule has 10 heteroatoms. The number of amides is 1. The topological polar surface area (TPSA) is 167 Å². The van der Waals surface area contributed by atoms with Crippen LogP contribution in [0.3, 0.4) is 0 Å². The Balaban J connectivity index is 2.55. The van der Waals surface area contributed by atoms with Crippen molar-refractivity contribution in [3.05, 3.63) is 0 Å². The quantitative estimate of drug-likeness (QED) is 0.291. The summed E-state index contributed by atoms with van der Waals surface area (Å²) >= 11 is 0. The fourth-order valence-electron chi connectivity index (χ4n) is 1.87. The van der Waals surface area contributed by atoms with Gasteiger partial charge in [0.15, 0.2) is 12.4 Å². The molecule has 1 fully saturated rings. The molecule has 0 aromatic heterocycles. The normalized spacial score (nSPS) is 32.9. The maximum Gasteiger partial charge on any atom is 0.404 e. The molecular weight excluding hydrogens is 288 g/mol. The number of nitrogens with two attached hydrogens (primary N) is 2. The van der Waals surface area contributed by atoms with E-state index in [0.29, 0.717) is 13.2 Å². The smallest absolute Gasteiger partial charge is 0.404 e. The highest BCUT2D eigenvalue weighted by Crippen LogP contribution is 2.24. The van der Waals surface area contributed by atoms with Crippen molar-refractivity contribution in [1.29, 1.82) is 0 Å². The average Bonchev–Trinajstić information content (AvgIpc) is 2.45. The van der Waals surface area contributed by atoms with E-state index in [1.54, 1.807) is 0 Å². The van der Waals surface area contributed by atoms with Gasteiger partial charge in [-0.3, -0.25) is 0 Å². The highest BCUT2D eigenvalue weighted by Gasteiger charge is 2.47. The molecule has 21 heavy (non-hydrogen) atoms. The minimum Gasteiger partial charge on any atom is -0.441 e. The van der Waals surface area contributed by atoms with Crippen LogP contribution < -0.4 is 11.5 Å². The number of ether oxygens (including phenoxy) is 4. The Morgan fingerprint density at radius 1 is 1.19 bits per heavy atom. The lowest BCUT2D eigenvalue weighted by molar-refractivity contribution is -0.301. The van der Waals surface area contributed by atoms with Gasteiger partial charge in [-0.1, -0.05) is 0 Å². The van der Waals surface area contributed by atoms with Crippen molar-refractivity contribution in [1.82, 2.24) is 0 Å². The molecule has 0 spiro atoms. The third-order valence-corrected chi connectivity index (χ3v) is 2.85. The molecule has 1 heterocycles. The summed E-state index contributed by atoms with van der Waals surface area (Å²) in [5, 5.41) is 28.9. The molecule has 0 aromatic rings. The van der Waals surface area contributed by atoms with Crippen LogP contribution >= 0.6 is 0 Å². The lowest BCUT2D eigenvalue weighted by Crippen LogP contribution is -2.60. The van der Waals surface area contributed by atoms with E-state index in [-0.39, 0.29) is 13.2 Å². The third kappa shape index (κ3) is 5.36. The van der Waals surface area contributed by atoms with Gasteiger partial charge in [-0.05, 0) is 0 Å². The predicted octanol–water partition coefficient (Wildman–Crippen LogP) is -3.12. The zero-order valence-electron chi connectivity index (χ0n) is 11.5. The number of hydrogen-bond acceptors (Lipinski definition) is 9. The summed E-state index contributed by atoms with van der Waals surface area (Å²) in [6.07, 6.45) is -7.68. The summed E-state index contributed by atoms with van der Waals surface area (Å²) in [6, 6.07) is 0. The summed E-state index contributed by atoms with van der Waals surface area (Å²) in [7, 11) is 0. The van der Waals surface area contributed by atoms with E-state index in [0.717, 1.165) is 0 Å². The molecule has 5 atom stereocenters. The number of primary amides is 1. The first-order valence-electron chi connectivity index (χ1n) is 6.49. The standard InChI is InChI=1S/C11H22N2O8/c12-1-2-18-3-4-19-10-8(16)9(21-11(13)17)7(15)6(5-14)20-10/h6-10,14-16H,1-5,12H2,(H2,13,17)/t6-,7-,8+,9+,10+/m1/s1. The molecule has 0 aromatic carbocycles. The summed E-state index contributed by atoms with van der Waals surface area (Å²) in [5.74, 6) is 0. The first-order chi connectivity index (χ1) is 10.0. The highest BCUT2D eigenvalue weighted by atomic mass is 16.7. The van der Waals surface area contributed by atoms with Crippen LogP contribution in [0.5, 0.6) is 0 Å². The van der Waals surface area contributed by atoms with E-state index in [9.17, 15) is 15.0 Å². The largest absolute Gasteiger partial charge is 0.441 e. The van der Waals surface area contributed by atoms with Gasteiger partial charge >= 0.3 is 6.09 Å². The van der Waals surface area contributed by atoms with Crippen molar-refractivity contribution < 1.29 is 39.1 Å². The Morgan fingerprint density at radius 2 is 1.90 bits per heavy atom. The Kier molecular flexibility index (Phi) is 7.82. The second kappa shape index (κ2) is 9.10. The lowest BCUT2D eigenvalue weighted by Gasteiger charge is -2.40. The lowest BCUT2D eigenvalue weighted by atomic mass is 9.99. The van der Waals surface area contributed by atoms with Gasteiger partial charge < -0.3 is 45.7 Å². The van der Waals surface area contributed by atoms with E-state index < -0.39 is 43.4 Å². The molecule has 1 saturated heterocycles. The molecular formula is C11H22N2O8. The number of aliphatic hydroxyl groups is 3. The second-order valence-electron chi connectivity index (χ2n) is 4.38. The molecule has 1 aliphatic heterocycles. The molecule has 10 nitrogen and oxygen atoms in total. The number of aliphatic hydroxyl groups excluding tert-OH is 3. The van der Waals surface area contributed by atoms with Crippen molar-refractivity contribution >= 4 is 6.09 Å². The first-order valence-corrected chi connectivity index (χ1v) is 6.49. The van der Waals surface area contributed by atoms with Crippen molar-refractivity contribution in [3.8, 4) is 0 Å². The molecule has 0 saturated carbocycles. The monoisotopic (exact) mass is 310 g/mol. The average molecular weight is 310 g/mol. The number of carbonyl (C=O) groups is 1. The molecule has 0 unspecified atom stereocenters. The molecule has 0 bridgehead atoms. The highest BCUT2D eigenvalue weighted by molar-refractivity contribution is 5.65. The molecule has 0 radical (unpaired) electrons. The fraction of sp³-hybridized carbons (Fsp3) is 0.909. The minimum atomic E-state index is -1.45. The van der Waals surface area contributed by atoms with Gasteiger partial charge in [0, 0.05) is 6.54 Å². The van der Waals surface area contributed by atoms with Crippen LogP contribution in [0.25, 0.3) is 0 Å². The SMILES string of the molecule is NCCOCCO[C@H]1O[C@H](CO)[C@@H](O)[C@H](OC(N)=O)[C@@H]1O. The first kappa shape index (κ1) is 18.0. The summed E-state index contributed by atoms with van der Waals surface area (Å²) in [5.41, 5.74) is 10.1. The van der Waals surface area contributed by atoms with Crippen molar-refractivity contribution in [2.24, 2.45) is 11.5 Å². The van der Waals surface area contributed by atoms with Crippen LogP contribution in [0.2, 0.25) is 0 Å². The Hall–Kier alpha value is -1.01. The van der Waals surface area contributed by atoms with Gasteiger partial charge in [0.1, 0.15) is 18.3 Å². The van der Waals surface area contributed by atoms with Crippen molar-refractivity contribution in [2.45, 2.75) is 30.7 Å². The molecule has 124 valence electrons. The zero-order chi connectivity index (χ0) is 15.8. The van der Waals surface area contributed by atoms with Gasteiger partial charge in [0.05, 0.1) is 26.4 Å². The van der Waals surface area contributed by atoms with Crippen LogP contribution in [-0.4, -0.2) is 85.1 Å². The van der Waals surface area contributed by atoms with Crippen LogP contribution in [0.15, 0.2) is 0 Å². The molecule has 1 aliphatic rings. The summed E-state index contributed by atoms with van der Waals surface area (Å²) < 4.78 is 20.2. The van der Waals surface area contributed by atoms with E-state index in [1.807, 2.05) is 0 Å². The van der Waals surface area contributed by atoms with E-state index in [1.165, 1.54) is 0 Å². The number of carbonyl (C=O) groups excluding carboxylic acids is 1. The second-order valence-corrected chi connectivity index (χ2v) is 4.38. The van der Waals surface area contributed by atoms with E-state index in [4.69, 9.17) is 30.8 Å². The molecule has 7 N–H and O–H groups in total. The van der Waals surface area contributed by atoms with Gasteiger partial charge in [-0.2, -0.15) is 0 Å². The Labute approximate surface area is 121 Å². The van der Waals surface area contributed by atoms with Crippen LogP contribution in [0.1, 0.15) is 0 Å². The maximum atomic E-state index is 10.8. The molecule has 1 rings (SSSR count). The predicted molar refractivity (Wildman–Crippen MR) is 68.0 cm³/mol. The van der Waals surface area contributed by atoms with Gasteiger partial charge in [-0.25, -0.2) is 4.79 Å². The van der Waals surface area contributed by atoms with Gasteiger partial charge in [0.2, 0.25) is 0 Å². The van der Waals surface area contributed by atoms with E-state index in [2.05, 4.69) is 4.74 Å². The zero-order valence-corrected chi connectivity index (χ0v) is 11.5. The fourth-order valence-corrected chi connectivity index (χ4v) is 1.87. The number of hydrogen-bond donors (Lipinski definition) is 5.